The molecule has 0 aliphatic rings. The molecule has 1 aromatic rings. The van der Waals surface area contributed by atoms with Gasteiger partial charge < -0.3 is 0 Å². The van der Waals surface area contributed by atoms with Crippen molar-refractivity contribution < 1.29 is 18.0 Å². The standard InChI is InChI=1S/C10H11F3N2O/c1-6(2)8(16)5-7-3-4-9(15-14-7)10(11,12)13/h3-4,6H,5H2,1-2H3. The second-order valence-electron chi connectivity index (χ2n) is 3.71. The summed E-state index contributed by atoms with van der Waals surface area (Å²) in [5, 5.41) is 6.41. The molecule has 0 amide bonds. The number of aromatic nitrogens is 2. The van der Waals surface area contributed by atoms with Crippen molar-refractivity contribution in [2.45, 2.75) is 26.4 Å². The molecule has 0 aliphatic carbocycles. The first-order chi connectivity index (χ1) is 7.30. The third kappa shape index (κ3) is 3.29. The van der Waals surface area contributed by atoms with E-state index >= 15 is 0 Å². The summed E-state index contributed by atoms with van der Waals surface area (Å²) in [6.07, 6.45) is -4.48. The van der Waals surface area contributed by atoms with Crippen LogP contribution in [0.15, 0.2) is 12.1 Å². The van der Waals surface area contributed by atoms with Crippen LogP contribution in [0.3, 0.4) is 0 Å². The van der Waals surface area contributed by atoms with Gasteiger partial charge >= 0.3 is 6.18 Å². The van der Waals surface area contributed by atoms with E-state index in [0.717, 1.165) is 6.07 Å². The molecule has 0 aromatic carbocycles. The summed E-state index contributed by atoms with van der Waals surface area (Å²) in [5.74, 6) is -0.238. The molecule has 0 unspecified atom stereocenters. The van der Waals surface area contributed by atoms with E-state index in [1.165, 1.54) is 6.07 Å². The Balaban J connectivity index is 2.76. The zero-order valence-electron chi connectivity index (χ0n) is 8.88. The Hall–Kier alpha value is -1.46. The topological polar surface area (TPSA) is 42.9 Å². The molecule has 1 heterocycles. The molecular formula is C10H11F3N2O. The first-order valence-electron chi connectivity index (χ1n) is 4.73. The van der Waals surface area contributed by atoms with Gasteiger partial charge in [-0.25, -0.2) is 0 Å². The highest BCUT2D eigenvalue weighted by atomic mass is 19.4. The van der Waals surface area contributed by atoms with Crippen LogP contribution in [0.5, 0.6) is 0 Å². The lowest BCUT2D eigenvalue weighted by Crippen LogP contribution is -2.14. The molecule has 0 radical (unpaired) electrons. The van der Waals surface area contributed by atoms with Crippen LogP contribution in [0.1, 0.15) is 25.2 Å². The lowest BCUT2D eigenvalue weighted by Gasteiger charge is -2.06. The van der Waals surface area contributed by atoms with Gasteiger partial charge in [0.25, 0.3) is 0 Å². The normalized spacial score (nSPS) is 11.9. The largest absolute Gasteiger partial charge is 0.435 e. The second kappa shape index (κ2) is 4.59. The van der Waals surface area contributed by atoms with Crippen molar-refractivity contribution in [2.75, 3.05) is 0 Å². The van der Waals surface area contributed by atoms with Crippen LogP contribution in [0, 0.1) is 5.92 Å². The maximum absolute atomic E-state index is 12.1. The summed E-state index contributed by atoms with van der Waals surface area (Å²) < 4.78 is 36.4. The Bertz CT molecular complexity index is 371. The van der Waals surface area contributed by atoms with E-state index < -0.39 is 11.9 Å². The molecule has 0 fully saturated rings. The number of alkyl halides is 3. The zero-order valence-corrected chi connectivity index (χ0v) is 8.88. The summed E-state index contributed by atoms with van der Waals surface area (Å²) in [4.78, 5) is 11.3. The van der Waals surface area contributed by atoms with E-state index in [1.54, 1.807) is 13.8 Å². The maximum atomic E-state index is 12.1. The van der Waals surface area contributed by atoms with Gasteiger partial charge in [0.1, 0.15) is 5.78 Å². The first kappa shape index (κ1) is 12.6. The Kier molecular flexibility index (Phi) is 3.62. The number of nitrogens with zero attached hydrogens (tertiary/aromatic N) is 2. The molecule has 1 aromatic heterocycles. The fourth-order valence-corrected chi connectivity index (χ4v) is 0.988. The smallest absolute Gasteiger partial charge is 0.299 e. The lowest BCUT2D eigenvalue weighted by atomic mass is 10.0. The summed E-state index contributed by atoms with van der Waals surface area (Å²) in [7, 11) is 0. The van der Waals surface area contributed by atoms with Crippen LogP contribution in [-0.2, 0) is 17.4 Å². The van der Waals surface area contributed by atoms with E-state index in [-0.39, 0.29) is 23.8 Å². The van der Waals surface area contributed by atoms with Gasteiger partial charge in [-0.2, -0.15) is 18.3 Å². The van der Waals surface area contributed by atoms with Gasteiger partial charge in [-0.15, -0.1) is 5.10 Å². The summed E-state index contributed by atoms with van der Waals surface area (Å²) in [5.41, 5.74) is -0.792. The van der Waals surface area contributed by atoms with Crippen molar-refractivity contribution in [2.24, 2.45) is 5.92 Å². The van der Waals surface area contributed by atoms with Gasteiger partial charge in [-0.1, -0.05) is 13.8 Å². The van der Waals surface area contributed by atoms with Crippen LogP contribution in [0.2, 0.25) is 0 Å². The first-order valence-corrected chi connectivity index (χ1v) is 4.73. The molecular weight excluding hydrogens is 221 g/mol. The van der Waals surface area contributed by atoms with Crippen molar-refractivity contribution in [3.05, 3.63) is 23.5 Å². The van der Waals surface area contributed by atoms with Crippen LogP contribution in [0.4, 0.5) is 13.2 Å². The molecule has 6 heteroatoms. The highest BCUT2D eigenvalue weighted by molar-refractivity contribution is 5.82. The highest BCUT2D eigenvalue weighted by Gasteiger charge is 2.32. The van der Waals surface area contributed by atoms with Crippen molar-refractivity contribution >= 4 is 5.78 Å². The minimum absolute atomic E-state index is 0.0167. The molecule has 0 bridgehead atoms. The number of carbonyl (C=O) groups is 1. The Morgan fingerprint density at radius 3 is 2.31 bits per heavy atom. The molecule has 3 nitrogen and oxygen atoms in total. The van der Waals surface area contributed by atoms with E-state index in [9.17, 15) is 18.0 Å². The zero-order chi connectivity index (χ0) is 12.3. The number of halogens is 3. The SMILES string of the molecule is CC(C)C(=O)Cc1ccc(C(F)(F)F)nn1. The van der Waals surface area contributed by atoms with E-state index in [1.807, 2.05) is 0 Å². The van der Waals surface area contributed by atoms with Crippen LogP contribution in [0.25, 0.3) is 0 Å². The van der Waals surface area contributed by atoms with Gasteiger partial charge in [-0.05, 0) is 12.1 Å². The van der Waals surface area contributed by atoms with Crippen LogP contribution in [-0.4, -0.2) is 16.0 Å². The van der Waals surface area contributed by atoms with Gasteiger partial charge in [0, 0.05) is 5.92 Å². The third-order valence-corrected chi connectivity index (χ3v) is 2.01. The maximum Gasteiger partial charge on any atom is 0.435 e. The molecule has 0 saturated carbocycles. The Morgan fingerprint density at radius 2 is 1.94 bits per heavy atom. The van der Waals surface area contributed by atoms with E-state index in [2.05, 4.69) is 10.2 Å². The number of ketones is 1. The number of hydrogen-bond donors (Lipinski definition) is 0. The summed E-state index contributed by atoms with van der Waals surface area (Å²) in [6.45, 7) is 3.44. The van der Waals surface area contributed by atoms with Crippen molar-refractivity contribution in [3.8, 4) is 0 Å². The summed E-state index contributed by atoms with van der Waals surface area (Å²) >= 11 is 0. The predicted molar refractivity (Wildman–Crippen MR) is 50.6 cm³/mol. The predicted octanol–water partition coefficient (Wildman–Crippen LogP) is 2.26. The highest BCUT2D eigenvalue weighted by Crippen LogP contribution is 2.26. The molecule has 0 aliphatic heterocycles. The number of Topliss-reactive ketones (excluding diaryl/α,β-unsaturated/α-hetero) is 1. The number of carbonyl (C=O) groups excluding carboxylic acids is 1. The molecule has 1 rings (SSSR count). The molecule has 0 atom stereocenters. The second-order valence-corrected chi connectivity index (χ2v) is 3.71. The van der Waals surface area contributed by atoms with Gasteiger partial charge in [0.2, 0.25) is 0 Å². The quantitative estimate of drug-likeness (QED) is 0.802. The molecule has 16 heavy (non-hydrogen) atoms. The van der Waals surface area contributed by atoms with Gasteiger partial charge in [0.05, 0.1) is 12.1 Å². The van der Waals surface area contributed by atoms with Crippen molar-refractivity contribution in [1.82, 2.24) is 10.2 Å². The lowest BCUT2D eigenvalue weighted by molar-refractivity contribution is -0.141. The van der Waals surface area contributed by atoms with E-state index in [4.69, 9.17) is 0 Å². The Morgan fingerprint density at radius 1 is 1.31 bits per heavy atom. The number of hydrogen-bond acceptors (Lipinski definition) is 3. The molecule has 0 saturated heterocycles. The van der Waals surface area contributed by atoms with Crippen LogP contribution >= 0.6 is 0 Å². The average molecular weight is 232 g/mol. The van der Waals surface area contributed by atoms with Crippen LogP contribution < -0.4 is 0 Å². The minimum Gasteiger partial charge on any atom is -0.299 e. The molecule has 88 valence electrons. The fourth-order valence-electron chi connectivity index (χ4n) is 0.988. The monoisotopic (exact) mass is 232 g/mol. The summed E-state index contributed by atoms with van der Waals surface area (Å²) in [6, 6.07) is 2.01. The molecule has 0 N–H and O–H groups in total. The third-order valence-electron chi connectivity index (χ3n) is 2.01. The average Bonchev–Trinajstić information content (AvgIpc) is 2.17. The number of rotatable bonds is 3. The molecule has 0 spiro atoms. The Labute approximate surface area is 90.7 Å². The van der Waals surface area contributed by atoms with Gasteiger partial charge in [-0.3, -0.25) is 4.79 Å². The minimum atomic E-state index is -4.49. The fraction of sp³-hybridized carbons (Fsp3) is 0.500. The van der Waals surface area contributed by atoms with Crippen molar-refractivity contribution in [3.63, 3.8) is 0 Å². The van der Waals surface area contributed by atoms with Crippen molar-refractivity contribution in [1.29, 1.82) is 0 Å². The van der Waals surface area contributed by atoms with E-state index in [0.29, 0.717) is 0 Å². The van der Waals surface area contributed by atoms with Gasteiger partial charge in [0.15, 0.2) is 5.69 Å².